The van der Waals surface area contributed by atoms with Crippen LogP contribution in [0.2, 0.25) is 0 Å². The van der Waals surface area contributed by atoms with Gasteiger partial charge in [-0.05, 0) is 35.3 Å². The first-order valence-electron chi connectivity index (χ1n) is 6.53. The summed E-state index contributed by atoms with van der Waals surface area (Å²) in [7, 11) is 3.73. The highest BCUT2D eigenvalue weighted by Crippen LogP contribution is 2.30. The van der Waals surface area contributed by atoms with Crippen LogP contribution in [0.5, 0.6) is 0 Å². The van der Waals surface area contributed by atoms with Gasteiger partial charge in [-0.1, -0.05) is 20.3 Å². The highest BCUT2D eigenvalue weighted by atomic mass is 79.9. The Morgan fingerprint density at radius 2 is 2.28 bits per heavy atom. The van der Waals surface area contributed by atoms with Gasteiger partial charge in [0.1, 0.15) is 0 Å². The Hall–Kier alpha value is -0.390. The van der Waals surface area contributed by atoms with Gasteiger partial charge in [0.2, 0.25) is 0 Å². The van der Waals surface area contributed by atoms with E-state index >= 15 is 0 Å². The van der Waals surface area contributed by atoms with E-state index in [2.05, 4.69) is 40.2 Å². The number of hydrogen-bond donors (Lipinski definition) is 1. The third-order valence-electron chi connectivity index (χ3n) is 3.26. The van der Waals surface area contributed by atoms with Crippen molar-refractivity contribution in [1.29, 1.82) is 0 Å². The van der Waals surface area contributed by atoms with Gasteiger partial charge in [-0.25, -0.2) is 0 Å². The Balaban J connectivity index is 2.92. The van der Waals surface area contributed by atoms with Gasteiger partial charge in [-0.3, -0.25) is 4.68 Å². The summed E-state index contributed by atoms with van der Waals surface area (Å²) in [4.78, 5) is 0. The molecule has 1 N–H and O–H groups in total. The molecule has 0 radical (unpaired) electrons. The second-order valence-electron chi connectivity index (χ2n) is 4.63. The maximum absolute atomic E-state index is 5.13. The monoisotopic (exact) mass is 317 g/mol. The number of aromatic nitrogens is 2. The second-order valence-corrected chi connectivity index (χ2v) is 5.48. The zero-order valence-electron chi connectivity index (χ0n) is 11.7. The largest absolute Gasteiger partial charge is 0.383 e. The molecule has 0 bridgehead atoms. The topological polar surface area (TPSA) is 39.1 Å². The molecule has 0 amide bonds. The lowest BCUT2D eigenvalue weighted by molar-refractivity contribution is 0.180. The molecule has 0 spiro atoms. The number of nitrogens with zero attached hydrogens (tertiary/aromatic N) is 2. The summed E-state index contributed by atoms with van der Waals surface area (Å²) >= 11 is 3.61. The van der Waals surface area contributed by atoms with Gasteiger partial charge in [0.25, 0.3) is 0 Å². The van der Waals surface area contributed by atoms with Crippen LogP contribution < -0.4 is 5.32 Å². The summed E-state index contributed by atoms with van der Waals surface area (Å²) < 4.78 is 8.23. The third kappa shape index (κ3) is 3.80. The predicted molar refractivity (Wildman–Crippen MR) is 77.7 cm³/mol. The van der Waals surface area contributed by atoms with E-state index in [1.54, 1.807) is 7.11 Å². The Kier molecular flexibility index (Phi) is 6.89. The average Bonchev–Trinajstić information content (AvgIpc) is 2.70. The molecule has 0 aliphatic carbocycles. The Bertz CT molecular complexity index is 354. The molecule has 5 heteroatoms. The van der Waals surface area contributed by atoms with Gasteiger partial charge >= 0.3 is 0 Å². The molecule has 0 fully saturated rings. The highest BCUT2D eigenvalue weighted by Gasteiger charge is 2.23. The Labute approximate surface area is 118 Å². The Morgan fingerprint density at radius 1 is 1.56 bits per heavy atom. The lowest BCUT2D eigenvalue weighted by atomic mass is 9.94. The summed E-state index contributed by atoms with van der Waals surface area (Å²) in [5.74, 6) is 0.578. The smallest absolute Gasteiger partial charge is 0.0699 e. The molecule has 1 rings (SSSR count). The molecule has 0 aliphatic heterocycles. The van der Waals surface area contributed by atoms with E-state index < -0.39 is 0 Å². The summed E-state index contributed by atoms with van der Waals surface area (Å²) in [6, 6.07) is 0.318. The third-order valence-corrected chi connectivity index (χ3v) is 3.87. The molecule has 18 heavy (non-hydrogen) atoms. The number of methoxy groups -OCH3 is 1. The molecule has 2 atom stereocenters. The van der Waals surface area contributed by atoms with Crippen molar-refractivity contribution in [3.63, 3.8) is 0 Å². The molecule has 0 aromatic carbocycles. The van der Waals surface area contributed by atoms with Gasteiger partial charge in [-0.2, -0.15) is 5.10 Å². The molecule has 0 aliphatic rings. The molecule has 2 unspecified atom stereocenters. The van der Waals surface area contributed by atoms with Crippen LogP contribution in [0.4, 0.5) is 0 Å². The highest BCUT2D eigenvalue weighted by molar-refractivity contribution is 9.10. The minimum absolute atomic E-state index is 0.318. The van der Waals surface area contributed by atoms with Crippen LogP contribution >= 0.6 is 15.9 Å². The van der Waals surface area contributed by atoms with Gasteiger partial charge in [0.05, 0.1) is 35.6 Å². The van der Waals surface area contributed by atoms with Gasteiger partial charge in [0, 0.05) is 7.11 Å². The van der Waals surface area contributed by atoms with E-state index in [1.807, 2.05) is 17.9 Å². The van der Waals surface area contributed by atoms with Crippen LogP contribution in [0.3, 0.4) is 0 Å². The summed E-state index contributed by atoms with van der Waals surface area (Å²) in [6.07, 6.45) is 4.27. The SMILES string of the molecule is CCCC(C)C(NC)c1c(Br)cnn1CCOC. The predicted octanol–water partition coefficient (Wildman–Crippen LogP) is 2.99. The molecule has 1 heterocycles. The van der Waals surface area contributed by atoms with Crippen molar-refractivity contribution in [2.75, 3.05) is 20.8 Å². The van der Waals surface area contributed by atoms with Crippen molar-refractivity contribution in [2.45, 2.75) is 39.3 Å². The van der Waals surface area contributed by atoms with E-state index in [1.165, 1.54) is 18.5 Å². The van der Waals surface area contributed by atoms with Crippen molar-refractivity contribution < 1.29 is 4.74 Å². The molecule has 0 saturated carbocycles. The number of hydrogen-bond acceptors (Lipinski definition) is 3. The van der Waals surface area contributed by atoms with Crippen molar-refractivity contribution >= 4 is 15.9 Å². The number of rotatable bonds is 8. The van der Waals surface area contributed by atoms with Crippen molar-refractivity contribution in [2.24, 2.45) is 5.92 Å². The molecule has 4 nitrogen and oxygen atoms in total. The fourth-order valence-corrected chi connectivity index (χ4v) is 2.89. The molecule has 1 aromatic heterocycles. The first kappa shape index (κ1) is 15.7. The van der Waals surface area contributed by atoms with Gasteiger partial charge in [-0.15, -0.1) is 0 Å². The van der Waals surface area contributed by atoms with Gasteiger partial charge in [0.15, 0.2) is 0 Å². The van der Waals surface area contributed by atoms with Gasteiger partial charge < -0.3 is 10.1 Å². The standard InChI is InChI=1S/C13H24BrN3O/c1-5-6-10(2)12(15-3)13-11(14)9-16-17(13)7-8-18-4/h9-10,12,15H,5-8H2,1-4H3. The second kappa shape index (κ2) is 7.92. The number of nitrogens with one attached hydrogen (secondary N) is 1. The van der Waals surface area contributed by atoms with E-state index in [9.17, 15) is 0 Å². The molecule has 1 aromatic rings. The fraction of sp³-hybridized carbons (Fsp3) is 0.769. The lowest BCUT2D eigenvalue weighted by Gasteiger charge is -2.25. The zero-order chi connectivity index (χ0) is 13.5. The molecule has 0 saturated heterocycles. The van der Waals surface area contributed by atoms with Crippen molar-refractivity contribution in [3.8, 4) is 0 Å². The fourth-order valence-electron chi connectivity index (χ4n) is 2.35. The lowest BCUT2D eigenvalue weighted by Crippen LogP contribution is -2.27. The average molecular weight is 318 g/mol. The van der Waals surface area contributed by atoms with E-state index in [-0.39, 0.29) is 0 Å². The van der Waals surface area contributed by atoms with Crippen LogP contribution in [0.15, 0.2) is 10.7 Å². The molecular weight excluding hydrogens is 294 g/mol. The van der Waals surface area contributed by atoms with Crippen molar-refractivity contribution in [3.05, 3.63) is 16.4 Å². The van der Waals surface area contributed by atoms with E-state index in [4.69, 9.17) is 4.74 Å². The van der Waals surface area contributed by atoms with Crippen LogP contribution in [-0.4, -0.2) is 30.5 Å². The van der Waals surface area contributed by atoms with Crippen LogP contribution in [-0.2, 0) is 11.3 Å². The molecular formula is C13H24BrN3O. The maximum Gasteiger partial charge on any atom is 0.0699 e. The minimum atomic E-state index is 0.318. The van der Waals surface area contributed by atoms with E-state index in [0.717, 1.165) is 11.0 Å². The van der Waals surface area contributed by atoms with Crippen LogP contribution in [0.25, 0.3) is 0 Å². The first-order chi connectivity index (χ1) is 8.65. The number of halogens is 1. The summed E-state index contributed by atoms with van der Waals surface area (Å²) in [5.41, 5.74) is 1.22. The van der Waals surface area contributed by atoms with E-state index in [0.29, 0.717) is 18.6 Å². The normalized spacial score (nSPS) is 14.7. The summed E-state index contributed by atoms with van der Waals surface area (Å²) in [5, 5.41) is 7.83. The Morgan fingerprint density at radius 3 is 2.83 bits per heavy atom. The maximum atomic E-state index is 5.13. The number of ether oxygens (including phenoxy) is 1. The minimum Gasteiger partial charge on any atom is -0.383 e. The zero-order valence-corrected chi connectivity index (χ0v) is 13.3. The van der Waals surface area contributed by atoms with Crippen LogP contribution in [0.1, 0.15) is 38.4 Å². The van der Waals surface area contributed by atoms with Crippen molar-refractivity contribution in [1.82, 2.24) is 15.1 Å². The van der Waals surface area contributed by atoms with Crippen LogP contribution in [0, 0.1) is 5.92 Å². The summed E-state index contributed by atoms with van der Waals surface area (Å²) in [6.45, 7) is 5.97. The quantitative estimate of drug-likeness (QED) is 0.801. The molecule has 104 valence electrons. The first-order valence-corrected chi connectivity index (χ1v) is 7.32.